The van der Waals surface area contributed by atoms with E-state index >= 15 is 4.39 Å². The van der Waals surface area contributed by atoms with E-state index in [1.807, 2.05) is 6.92 Å². The average Bonchev–Trinajstić information content (AvgIpc) is 3.71. The maximum atomic E-state index is 15.2. The fraction of sp³-hybridized carbons (Fsp3) is 0.472. The van der Waals surface area contributed by atoms with Crippen LogP contribution in [0.3, 0.4) is 0 Å². The SMILES string of the molecule is C=C1CCC2=C(C=C3c4nc5cc(F)c(C)c6c5c(c4CN3C2=C)C(NC(=C)C(CCC)C2CC2)CC6)C1CC. The Hall–Kier alpha value is -3.14. The number of rotatable bonds is 7. The molecular weight excluding hydrogens is 493 g/mol. The number of allylic oxidation sites excluding steroid dienone is 5. The van der Waals surface area contributed by atoms with Gasteiger partial charge in [0.2, 0.25) is 0 Å². The van der Waals surface area contributed by atoms with Crippen molar-refractivity contribution in [3.05, 3.63) is 93.8 Å². The Morgan fingerprint density at radius 3 is 2.67 bits per heavy atom. The van der Waals surface area contributed by atoms with E-state index in [1.165, 1.54) is 59.2 Å². The van der Waals surface area contributed by atoms with Crippen molar-refractivity contribution < 1.29 is 4.39 Å². The van der Waals surface area contributed by atoms with Crippen molar-refractivity contribution in [3.8, 4) is 0 Å². The third-order valence-corrected chi connectivity index (χ3v) is 10.5. The second-order valence-electron chi connectivity index (χ2n) is 12.8. The van der Waals surface area contributed by atoms with Crippen molar-refractivity contribution in [1.29, 1.82) is 0 Å². The minimum atomic E-state index is -0.148. The molecule has 2 aromatic rings. The van der Waals surface area contributed by atoms with Crippen molar-refractivity contribution in [1.82, 2.24) is 15.2 Å². The van der Waals surface area contributed by atoms with Crippen LogP contribution in [0, 0.1) is 30.5 Å². The molecule has 1 fully saturated rings. The van der Waals surface area contributed by atoms with Gasteiger partial charge in [-0.15, -0.1) is 0 Å². The highest BCUT2D eigenvalue weighted by Crippen LogP contribution is 2.52. The molecule has 40 heavy (non-hydrogen) atoms. The first kappa shape index (κ1) is 25.8. The predicted molar refractivity (Wildman–Crippen MR) is 163 cm³/mol. The molecule has 1 N–H and O–H groups in total. The number of pyridine rings is 1. The number of fused-ring (bicyclic) bond motifs is 4. The second-order valence-corrected chi connectivity index (χ2v) is 12.8. The standard InChI is InChI=1S/C36H42FN3/c1-7-9-26(23-11-12-23)21(5)38-31-15-14-25-20(4)30(37)17-32-34(25)35(31)29-18-40-22(6)27-13-10-19(3)24(8-2)28(27)16-33(40)36(29)39-32/h16-17,23-24,26,31,38H,3,5-15,18H2,1-2,4H3. The third kappa shape index (κ3) is 3.78. The van der Waals surface area contributed by atoms with Gasteiger partial charge in [-0.1, -0.05) is 45.6 Å². The highest BCUT2D eigenvalue weighted by molar-refractivity contribution is 5.93. The summed E-state index contributed by atoms with van der Waals surface area (Å²) in [5.41, 5.74) is 13.8. The van der Waals surface area contributed by atoms with E-state index in [0.717, 1.165) is 83.7 Å². The van der Waals surface area contributed by atoms with Gasteiger partial charge in [0.15, 0.2) is 0 Å². The number of hydrogen-bond donors (Lipinski definition) is 1. The lowest BCUT2D eigenvalue weighted by atomic mass is 9.75. The number of benzene rings is 1. The van der Waals surface area contributed by atoms with Crippen LogP contribution in [0.25, 0.3) is 16.6 Å². The van der Waals surface area contributed by atoms with E-state index in [1.54, 1.807) is 6.07 Å². The summed E-state index contributed by atoms with van der Waals surface area (Å²) in [7, 11) is 0. The Balaban J connectivity index is 1.38. The van der Waals surface area contributed by atoms with Gasteiger partial charge in [-0.2, -0.15) is 0 Å². The van der Waals surface area contributed by atoms with Crippen molar-refractivity contribution in [2.75, 3.05) is 0 Å². The summed E-state index contributed by atoms with van der Waals surface area (Å²) in [4.78, 5) is 7.59. The molecule has 1 saturated carbocycles. The molecule has 3 atom stereocenters. The first-order chi connectivity index (χ1) is 19.3. The quantitative estimate of drug-likeness (QED) is 0.359. The fourth-order valence-electron chi connectivity index (χ4n) is 8.23. The van der Waals surface area contributed by atoms with Gasteiger partial charge >= 0.3 is 0 Å². The molecular formula is C36H42FN3. The average molecular weight is 536 g/mol. The van der Waals surface area contributed by atoms with E-state index in [0.29, 0.717) is 11.8 Å². The van der Waals surface area contributed by atoms with Crippen LogP contribution in [-0.4, -0.2) is 9.88 Å². The molecule has 7 rings (SSSR count). The normalized spacial score (nSPS) is 24.1. The molecule has 208 valence electrons. The third-order valence-electron chi connectivity index (χ3n) is 10.5. The number of hydrogen-bond acceptors (Lipinski definition) is 3. The molecule has 1 aromatic heterocycles. The zero-order chi connectivity index (χ0) is 27.9. The molecule has 0 saturated heterocycles. The topological polar surface area (TPSA) is 28.2 Å². The van der Waals surface area contributed by atoms with Crippen LogP contribution in [0.4, 0.5) is 4.39 Å². The summed E-state index contributed by atoms with van der Waals surface area (Å²) < 4.78 is 15.2. The minimum Gasteiger partial charge on any atom is -0.382 e. The maximum absolute atomic E-state index is 15.2. The lowest BCUT2D eigenvalue weighted by Crippen LogP contribution is -2.29. The van der Waals surface area contributed by atoms with Gasteiger partial charge in [0, 0.05) is 40.2 Å². The molecule has 0 amide bonds. The molecule has 2 aliphatic heterocycles. The molecule has 1 aromatic carbocycles. The summed E-state index contributed by atoms with van der Waals surface area (Å²) in [6, 6.07) is 1.82. The van der Waals surface area contributed by atoms with Crippen LogP contribution in [0.15, 0.2) is 60.0 Å². The van der Waals surface area contributed by atoms with Crippen LogP contribution >= 0.6 is 0 Å². The lowest BCUT2D eigenvalue weighted by Gasteiger charge is -2.37. The van der Waals surface area contributed by atoms with Crippen LogP contribution in [-0.2, 0) is 13.0 Å². The fourth-order valence-corrected chi connectivity index (χ4v) is 8.23. The minimum absolute atomic E-state index is 0.148. The zero-order valence-electron chi connectivity index (χ0n) is 24.4. The number of halogens is 1. The van der Waals surface area contributed by atoms with E-state index in [9.17, 15) is 0 Å². The Morgan fingerprint density at radius 1 is 1.15 bits per heavy atom. The van der Waals surface area contributed by atoms with Crippen molar-refractivity contribution in [2.45, 2.75) is 91.1 Å². The van der Waals surface area contributed by atoms with Gasteiger partial charge in [-0.25, -0.2) is 9.37 Å². The molecule has 0 bridgehead atoms. The molecule has 0 radical (unpaired) electrons. The highest BCUT2D eigenvalue weighted by Gasteiger charge is 2.41. The van der Waals surface area contributed by atoms with Gasteiger partial charge in [0.05, 0.1) is 29.5 Å². The van der Waals surface area contributed by atoms with E-state index in [2.05, 4.69) is 49.9 Å². The molecule has 4 heteroatoms. The molecule has 3 heterocycles. The Labute approximate surface area is 238 Å². The first-order valence-electron chi connectivity index (χ1n) is 15.5. The van der Waals surface area contributed by atoms with Crippen LogP contribution < -0.4 is 5.32 Å². The summed E-state index contributed by atoms with van der Waals surface area (Å²) in [6.45, 7) is 20.9. The summed E-state index contributed by atoms with van der Waals surface area (Å²) in [6.07, 6.45) is 12.2. The van der Waals surface area contributed by atoms with E-state index < -0.39 is 0 Å². The van der Waals surface area contributed by atoms with E-state index in [4.69, 9.17) is 4.98 Å². The predicted octanol–water partition coefficient (Wildman–Crippen LogP) is 8.96. The largest absolute Gasteiger partial charge is 0.382 e. The first-order valence-corrected chi connectivity index (χ1v) is 15.5. The molecule has 3 nitrogen and oxygen atoms in total. The number of aromatic nitrogens is 1. The summed E-state index contributed by atoms with van der Waals surface area (Å²) in [5, 5.41) is 5.12. The van der Waals surface area contributed by atoms with Gasteiger partial charge < -0.3 is 10.2 Å². The number of nitrogens with zero attached hydrogens (tertiary/aromatic N) is 2. The Kier molecular flexibility index (Phi) is 6.10. The monoisotopic (exact) mass is 535 g/mol. The van der Waals surface area contributed by atoms with Crippen LogP contribution in [0.2, 0.25) is 0 Å². The molecule has 0 spiro atoms. The Morgan fingerprint density at radius 2 is 1.95 bits per heavy atom. The smallest absolute Gasteiger partial charge is 0.128 e. The second kappa shape index (κ2) is 9.46. The van der Waals surface area contributed by atoms with Crippen LogP contribution in [0.5, 0.6) is 0 Å². The van der Waals surface area contributed by atoms with Crippen molar-refractivity contribution in [2.24, 2.45) is 17.8 Å². The maximum Gasteiger partial charge on any atom is 0.128 e. The number of aryl methyl sites for hydroxylation is 1. The van der Waals surface area contributed by atoms with Crippen molar-refractivity contribution >= 4 is 16.6 Å². The van der Waals surface area contributed by atoms with Gasteiger partial charge in [0.25, 0.3) is 0 Å². The van der Waals surface area contributed by atoms with Crippen molar-refractivity contribution in [3.63, 3.8) is 0 Å². The highest BCUT2D eigenvalue weighted by atomic mass is 19.1. The molecule has 3 unspecified atom stereocenters. The molecule has 5 aliphatic rings. The van der Waals surface area contributed by atoms with Gasteiger partial charge in [0.1, 0.15) is 5.82 Å². The molecule has 3 aliphatic carbocycles. The number of nitrogens with one attached hydrogen (secondary N) is 1. The van der Waals surface area contributed by atoms with E-state index in [-0.39, 0.29) is 11.9 Å². The van der Waals surface area contributed by atoms with Gasteiger partial charge in [-0.3, -0.25) is 0 Å². The lowest BCUT2D eigenvalue weighted by molar-refractivity contribution is 0.423. The summed E-state index contributed by atoms with van der Waals surface area (Å²) >= 11 is 0. The van der Waals surface area contributed by atoms with Crippen LogP contribution in [0.1, 0.15) is 99.2 Å². The van der Waals surface area contributed by atoms with Gasteiger partial charge in [-0.05, 0) is 98.1 Å². The summed E-state index contributed by atoms with van der Waals surface area (Å²) in [5.74, 6) is 1.53. The zero-order valence-corrected chi connectivity index (χ0v) is 24.4. The Bertz CT molecular complexity index is 1550.